The standard InChI is InChI=1S/C21H23N5O5S/c1-3-31-19(29)13-6-8-14(9-7-13)22-15(27)12-26-17-16(18(28)24(2)21(26)30)32-20(23-17)25-10-4-5-11-25/h6-9H,3-5,10-12H2,1-2H3,(H,22,27). The van der Waals surface area contributed by atoms with Crippen molar-refractivity contribution in [1.82, 2.24) is 14.1 Å². The number of rotatable bonds is 6. The lowest BCUT2D eigenvalue weighted by atomic mass is 10.2. The van der Waals surface area contributed by atoms with Gasteiger partial charge in [-0.2, -0.15) is 0 Å². The van der Waals surface area contributed by atoms with Crippen molar-refractivity contribution < 1.29 is 14.3 Å². The van der Waals surface area contributed by atoms with E-state index in [2.05, 4.69) is 15.2 Å². The Morgan fingerprint density at radius 1 is 1.16 bits per heavy atom. The Balaban J connectivity index is 1.59. The van der Waals surface area contributed by atoms with Gasteiger partial charge in [0.2, 0.25) is 5.91 Å². The fourth-order valence-electron chi connectivity index (χ4n) is 3.57. The summed E-state index contributed by atoms with van der Waals surface area (Å²) in [6, 6.07) is 6.26. The highest BCUT2D eigenvalue weighted by molar-refractivity contribution is 7.22. The summed E-state index contributed by atoms with van der Waals surface area (Å²) in [6.45, 7) is 3.41. The molecule has 10 nitrogen and oxygen atoms in total. The first kappa shape index (κ1) is 21.8. The Morgan fingerprint density at radius 3 is 2.50 bits per heavy atom. The molecule has 1 aliphatic heterocycles. The third kappa shape index (κ3) is 4.15. The molecule has 0 radical (unpaired) electrons. The van der Waals surface area contributed by atoms with Crippen molar-refractivity contribution in [3.05, 3.63) is 50.7 Å². The lowest BCUT2D eigenvalue weighted by Crippen LogP contribution is -2.39. The van der Waals surface area contributed by atoms with Crippen LogP contribution in [0.2, 0.25) is 0 Å². The van der Waals surface area contributed by atoms with Crippen LogP contribution in [0, 0.1) is 0 Å². The van der Waals surface area contributed by atoms with Crippen LogP contribution in [0.1, 0.15) is 30.1 Å². The molecule has 3 heterocycles. The molecule has 1 saturated heterocycles. The molecule has 2 aromatic heterocycles. The summed E-state index contributed by atoms with van der Waals surface area (Å²) in [5, 5.41) is 3.39. The smallest absolute Gasteiger partial charge is 0.338 e. The molecule has 11 heteroatoms. The number of hydrogen-bond acceptors (Lipinski definition) is 8. The van der Waals surface area contributed by atoms with Crippen molar-refractivity contribution in [2.75, 3.05) is 29.9 Å². The number of anilines is 2. The average Bonchev–Trinajstić information content (AvgIpc) is 3.46. The molecule has 0 aliphatic carbocycles. The average molecular weight is 458 g/mol. The Kier molecular flexibility index (Phi) is 6.08. The first-order valence-electron chi connectivity index (χ1n) is 10.3. The predicted molar refractivity (Wildman–Crippen MR) is 122 cm³/mol. The van der Waals surface area contributed by atoms with Crippen molar-refractivity contribution in [3.8, 4) is 0 Å². The number of esters is 1. The second-order valence-corrected chi connectivity index (χ2v) is 8.40. The van der Waals surface area contributed by atoms with E-state index >= 15 is 0 Å². The van der Waals surface area contributed by atoms with Crippen LogP contribution in [0.5, 0.6) is 0 Å². The largest absolute Gasteiger partial charge is 0.462 e. The molecule has 3 aromatic rings. The second kappa shape index (κ2) is 8.95. The highest BCUT2D eigenvalue weighted by Crippen LogP contribution is 2.28. The van der Waals surface area contributed by atoms with E-state index in [0.717, 1.165) is 30.5 Å². The molecule has 32 heavy (non-hydrogen) atoms. The predicted octanol–water partition coefficient (Wildman–Crippen LogP) is 1.57. The summed E-state index contributed by atoms with van der Waals surface area (Å²) >= 11 is 1.24. The maximum absolute atomic E-state index is 12.7. The number of carbonyl (C=O) groups excluding carboxylic acids is 2. The first-order valence-corrected chi connectivity index (χ1v) is 11.1. The van der Waals surface area contributed by atoms with Crippen LogP contribution in [-0.2, 0) is 23.1 Å². The van der Waals surface area contributed by atoms with E-state index in [4.69, 9.17) is 4.74 Å². The van der Waals surface area contributed by atoms with Gasteiger partial charge in [0.25, 0.3) is 5.56 Å². The quantitative estimate of drug-likeness (QED) is 0.559. The van der Waals surface area contributed by atoms with E-state index in [9.17, 15) is 19.2 Å². The lowest BCUT2D eigenvalue weighted by Gasteiger charge is -2.12. The zero-order chi connectivity index (χ0) is 22.8. The van der Waals surface area contributed by atoms with Crippen LogP contribution >= 0.6 is 11.3 Å². The minimum atomic E-state index is -0.603. The number of ether oxygens (including phenoxy) is 1. The normalized spacial score (nSPS) is 13.5. The van der Waals surface area contributed by atoms with Gasteiger partial charge in [0.1, 0.15) is 11.2 Å². The number of nitrogens with one attached hydrogen (secondary N) is 1. The van der Waals surface area contributed by atoms with E-state index in [0.29, 0.717) is 21.1 Å². The van der Waals surface area contributed by atoms with Gasteiger partial charge in [-0.25, -0.2) is 14.6 Å². The number of aromatic nitrogens is 3. The zero-order valence-corrected chi connectivity index (χ0v) is 18.6. The van der Waals surface area contributed by atoms with Crippen LogP contribution in [0.4, 0.5) is 10.8 Å². The molecule has 1 aliphatic rings. The molecule has 0 atom stereocenters. The van der Waals surface area contributed by atoms with E-state index in [1.165, 1.54) is 23.0 Å². The van der Waals surface area contributed by atoms with Crippen LogP contribution in [0.15, 0.2) is 33.9 Å². The van der Waals surface area contributed by atoms with Gasteiger partial charge in [0.05, 0.1) is 12.2 Å². The Morgan fingerprint density at radius 2 is 1.84 bits per heavy atom. The van der Waals surface area contributed by atoms with Gasteiger partial charge in [0, 0.05) is 25.8 Å². The minimum absolute atomic E-state index is 0.220. The van der Waals surface area contributed by atoms with E-state index in [1.807, 2.05) is 0 Å². The van der Waals surface area contributed by atoms with Crippen LogP contribution in [0.25, 0.3) is 10.3 Å². The second-order valence-electron chi connectivity index (χ2n) is 7.42. The molecule has 4 rings (SSSR count). The van der Waals surface area contributed by atoms with E-state index < -0.39 is 23.1 Å². The highest BCUT2D eigenvalue weighted by Gasteiger charge is 2.22. The van der Waals surface area contributed by atoms with E-state index in [-0.39, 0.29) is 18.8 Å². The summed E-state index contributed by atoms with van der Waals surface area (Å²) < 4.78 is 7.50. The monoisotopic (exact) mass is 457 g/mol. The van der Waals surface area contributed by atoms with E-state index in [1.54, 1.807) is 31.2 Å². The maximum atomic E-state index is 12.7. The van der Waals surface area contributed by atoms with Crippen molar-refractivity contribution in [2.45, 2.75) is 26.3 Å². The van der Waals surface area contributed by atoms with Gasteiger partial charge in [-0.05, 0) is 44.0 Å². The SMILES string of the molecule is CCOC(=O)c1ccc(NC(=O)Cn2c(=O)n(C)c(=O)c3sc(N4CCCC4)nc32)cc1. The van der Waals surface area contributed by atoms with Crippen molar-refractivity contribution in [2.24, 2.45) is 7.05 Å². The number of carbonyl (C=O) groups is 2. The Hall–Kier alpha value is -3.47. The van der Waals surface area contributed by atoms with Gasteiger partial charge in [0.15, 0.2) is 10.8 Å². The molecule has 0 saturated carbocycles. The first-order chi connectivity index (χ1) is 15.4. The number of hydrogen-bond donors (Lipinski definition) is 1. The lowest BCUT2D eigenvalue weighted by molar-refractivity contribution is -0.116. The number of benzene rings is 1. The number of amides is 1. The number of thiazole rings is 1. The maximum Gasteiger partial charge on any atom is 0.338 e. The summed E-state index contributed by atoms with van der Waals surface area (Å²) in [4.78, 5) is 56.4. The molecule has 1 fully saturated rings. The summed E-state index contributed by atoms with van der Waals surface area (Å²) in [6.07, 6.45) is 2.11. The van der Waals surface area contributed by atoms with Gasteiger partial charge in [-0.3, -0.25) is 18.7 Å². The molecular formula is C21H23N5O5S. The Bertz CT molecular complexity index is 1280. The number of nitrogens with zero attached hydrogens (tertiary/aromatic N) is 4. The molecule has 0 bridgehead atoms. The van der Waals surface area contributed by atoms with Crippen LogP contribution in [-0.4, -0.2) is 45.7 Å². The van der Waals surface area contributed by atoms with Gasteiger partial charge < -0.3 is 15.0 Å². The van der Waals surface area contributed by atoms with Crippen molar-refractivity contribution in [1.29, 1.82) is 0 Å². The van der Waals surface area contributed by atoms with Gasteiger partial charge >= 0.3 is 11.7 Å². The summed E-state index contributed by atoms with van der Waals surface area (Å²) in [5.41, 5.74) is 0.0384. The zero-order valence-electron chi connectivity index (χ0n) is 17.8. The molecule has 1 aromatic carbocycles. The van der Waals surface area contributed by atoms with Crippen LogP contribution in [0.3, 0.4) is 0 Å². The van der Waals surface area contributed by atoms with Crippen molar-refractivity contribution in [3.63, 3.8) is 0 Å². The van der Waals surface area contributed by atoms with Gasteiger partial charge in [-0.1, -0.05) is 11.3 Å². The van der Waals surface area contributed by atoms with Crippen LogP contribution < -0.4 is 21.5 Å². The molecule has 1 N–H and O–H groups in total. The number of fused-ring (bicyclic) bond motifs is 1. The van der Waals surface area contributed by atoms with Gasteiger partial charge in [-0.15, -0.1) is 0 Å². The topological polar surface area (TPSA) is 116 Å². The third-order valence-electron chi connectivity index (χ3n) is 5.23. The third-order valence-corrected chi connectivity index (χ3v) is 6.32. The summed E-state index contributed by atoms with van der Waals surface area (Å²) in [5.74, 6) is -0.895. The molecular weight excluding hydrogens is 434 g/mol. The summed E-state index contributed by atoms with van der Waals surface area (Å²) in [7, 11) is 1.39. The minimum Gasteiger partial charge on any atom is -0.462 e. The molecule has 0 unspecified atom stereocenters. The molecule has 0 spiro atoms. The van der Waals surface area contributed by atoms with Crippen molar-refractivity contribution >= 4 is 44.4 Å². The highest BCUT2D eigenvalue weighted by atomic mass is 32.1. The Labute approximate surface area is 187 Å². The fraction of sp³-hybridized carbons (Fsp3) is 0.381. The molecule has 168 valence electrons. The molecule has 1 amide bonds. The fourth-order valence-corrected chi connectivity index (χ4v) is 4.67.